The summed E-state index contributed by atoms with van der Waals surface area (Å²) in [4.78, 5) is 18.4. The van der Waals surface area contributed by atoms with Crippen LogP contribution in [-0.4, -0.2) is 70.8 Å². The summed E-state index contributed by atoms with van der Waals surface area (Å²) in [6.45, 7) is 1.80. The van der Waals surface area contributed by atoms with Crippen LogP contribution >= 0.6 is 0 Å². The number of hydrogen-bond acceptors (Lipinski definition) is 7. The Balaban J connectivity index is 1.43. The molecule has 3 N–H and O–H groups in total. The number of nitrogens with one attached hydrogen (secondary N) is 2. The van der Waals surface area contributed by atoms with Gasteiger partial charge in [-0.3, -0.25) is 4.98 Å². The fraction of sp³-hybridized carbons (Fsp3) is 0.333. The third kappa shape index (κ3) is 5.03. The highest BCUT2D eigenvalue weighted by Gasteiger charge is 2.39. The van der Waals surface area contributed by atoms with Crippen LogP contribution in [0.3, 0.4) is 0 Å². The summed E-state index contributed by atoms with van der Waals surface area (Å²) in [6, 6.07) is 3.37. The van der Waals surface area contributed by atoms with Crippen molar-refractivity contribution in [2.75, 3.05) is 20.1 Å². The number of carbonyl (C=O) groups is 1. The van der Waals surface area contributed by atoms with Crippen molar-refractivity contribution in [3.63, 3.8) is 0 Å². The molecule has 9 nitrogen and oxygen atoms in total. The van der Waals surface area contributed by atoms with Crippen LogP contribution < -0.4 is 10.1 Å². The van der Waals surface area contributed by atoms with E-state index >= 15 is 0 Å². The van der Waals surface area contributed by atoms with Crippen LogP contribution in [0.15, 0.2) is 41.1 Å². The van der Waals surface area contributed by atoms with Crippen LogP contribution in [-0.2, 0) is 0 Å². The van der Waals surface area contributed by atoms with Crippen molar-refractivity contribution in [1.82, 2.24) is 20.2 Å². The summed E-state index contributed by atoms with van der Waals surface area (Å²) in [5, 5.41) is 25.6. The van der Waals surface area contributed by atoms with E-state index in [1.807, 2.05) is 0 Å². The molecule has 0 bridgehead atoms. The SMILES string of the molecule is CN/C(=C(\C=N)C(C)O)c1cc(OC2CN(C(=O)N3N=CCC3c3cc(F)cc(F)c3)C2)c(F)cn1. The summed E-state index contributed by atoms with van der Waals surface area (Å²) in [5.41, 5.74) is 1.19. The number of urea groups is 1. The molecule has 2 unspecified atom stereocenters. The standard InChI is InChI=1S/C24H25F3N6O3/c1-13(34)18(9-28)23(29-2)20-8-22(19(27)10-30-20)36-17-11-32(12-17)24(35)33-21(3-4-31-33)14-5-15(25)7-16(26)6-14/h4-10,13,17,21,28-29,34H,3,11-12H2,1-2H3/b23-18+,28-9?. The van der Waals surface area contributed by atoms with Crippen LogP contribution in [0.2, 0.25) is 0 Å². The van der Waals surface area contributed by atoms with Crippen LogP contribution in [0, 0.1) is 22.9 Å². The number of benzene rings is 1. The van der Waals surface area contributed by atoms with Crippen molar-refractivity contribution in [2.45, 2.75) is 31.6 Å². The molecular formula is C24H25F3N6O3. The molecule has 190 valence electrons. The van der Waals surface area contributed by atoms with E-state index in [2.05, 4.69) is 15.4 Å². The molecule has 4 rings (SSSR count). The van der Waals surface area contributed by atoms with E-state index in [1.165, 1.54) is 41.2 Å². The zero-order valence-electron chi connectivity index (χ0n) is 19.6. The molecule has 2 aliphatic heterocycles. The van der Waals surface area contributed by atoms with E-state index in [1.54, 1.807) is 7.05 Å². The van der Waals surface area contributed by atoms with Gasteiger partial charge in [-0.15, -0.1) is 0 Å². The zero-order valence-corrected chi connectivity index (χ0v) is 19.6. The lowest BCUT2D eigenvalue weighted by atomic mass is 10.0. The van der Waals surface area contributed by atoms with E-state index in [-0.39, 0.29) is 30.1 Å². The molecule has 2 atom stereocenters. The topological polar surface area (TPSA) is 114 Å². The van der Waals surface area contributed by atoms with E-state index in [9.17, 15) is 23.1 Å². The Morgan fingerprint density at radius 2 is 1.94 bits per heavy atom. The molecule has 0 radical (unpaired) electrons. The molecule has 1 aromatic heterocycles. The van der Waals surface area contributed by atoms with Crippen LogP contribution in [0.1, 0.15) is 30.6 Å². The number of halogens is 3. The van der Waals surface area contributed by atoms with Gasteiger partial charge in [-0.25, -0.2) is 23.0 Å². The number of likely N-dealkylation sites (tertiary alicyclic amines) is 1. The van der Waals surface area contributed by atoms with Gasteiger partial charge in [0.05, 0.1) is 42.8 Å². The number of aliphatic hydroxyl groups is 1. The Morgan fingerprint density at radius 1 is 1.25 bits per heavy atom. The summed E-state index contributed by atoms with van der Waals surface area (Å²) >= 11 is 0. The van der Waals surface area contributed by atoms with E-state index in [0.29, 0.717) is 17.7 Å². The Labute approximate surface area is 205 Å². The fourth-order valence-electron chi connectivity index (χ4n) is 4.11. The first-order valence-electron chi connectivity index (χ1n) is 11.2. The quantitative estimate of drug-likeness (QED) is 0.504. The van der Waals surface area contributed by atoms with Gasteiger partial charge in [0.15, 0.2) is 11.6 Å². The first kappa shape index (κ1) is 25.2. The van der Waals surface area contributed by atoms with Crippen molar-refractivity contribution in [3.05, 3.63) is 64.7 Å². The molecule has 3 heterocycles. The molecule has 0 saturated carbocycles. The Morgan fingerprint density at radius 3 is 2.56 bits per heavy atom. The predicted molar refractivity (Wildman–Crippen MR) is 126 cm³/mol. The molecule has 2 amide bonds. The molecule has 0 aliphatic carbocycles. The Bertz CT molecular complexity index is 1210. The zero-order chi connectivity index (χ0) is 26.0. The highest BCUT2D eigenvalue weighted by atomic mass is 19.1. The number of hydrogen-bond donors (Lipinski definition) is 3. The number of nitrogens with zero attached hydrogens (tertiary/aromatic N) is 4. The van der Waals surface area contributed by atoms with E-state index in [4.69, 9.17) is 10.1 Å². The number of hydrazone groups is 1. The maximum Gasteiger partial charge on any atom is 0.341 e. The van der Waals surface area contributed by atoms with Crippen molar-refractivity contribution in [1.29, 1.82) is 5.41 Å². The van der Waals surface area contributed by atoms with Gasteiger partial charge < -0.3 is 25.5 Å². The minimum absolute atomic E-state index is 0.0907. The molecule has 2 aliphatic rings. The van der Waals surface area contributed by atoms with Gasteiger partial charge in [-0.1, -0.05) is 0 Å². The number of amides is 2. The predicted octanol–water partition coefficient (Wildman–Crippen LogP) is 3.08. The van der Waals surface area contributed by atoms with Gasteiger partial charge in [0.2, 0.25) is 0 Å². The third-order valence-electron chi connectivity index (χ3n) is 5.93. The normalized spacial score (nSPS) is 19.0. The highest BCUT2D eigenvalue weighted by molar-refractivity contribution is 5.89. The van der Waals surface area contributed by atoms with Crippen molar-refractivity contribution < 1.29 is 27.8 Å². The lowest BCUT2D eigenvalue weighted by Gasteiger charge is -2.41. The molecule has 0 spiro atoms. The largest absolute Gasteiger partial charge is 0.483 e. The van der Waals surface area contributed by atoms with Crippen LogP contribution in [0.25, 0.3) is 5.70 Å². The first-order valence-corrected chi connectivity index (χ1v) is 11.2. The third-order valence-corrected chi connectivity index (χ3v) is 5.93. The molecular weight excluding hydrogens is 477 g/mol. The van der Waals surface area contributed by atoms with Gasteiger partial charge in [0.25, 0.3) is 0 Å². The first-order chi connectivity index (χ1) is 17.2. The second kappa shape index (κ2) is 10.4. The maximum atomic E-state index is 14.4. The van der Waals surface area contributed by atoms with Gasteiger partial charge >= 0.3 is 6.03 Å². The van der Waals surface area contributed by atoms with Crippen molar-refractivity contribution in [2.24, 2.45) is 5.10 Å². The number of rotatable bonds is 7. The minimum Gasteiger partial charge on any atom is -0.483 e. The number of carbonyl (C=O) groups excluding carboxylic acids is 1. The van der Waals surface area contributed by atoms with Gasteiger partial charge in [-0.2, -0.15) is 5.10 Å². The van der Waals surface area contributed by atoms with Crippen molar-refractivity contribution >= 4 is 24.2 Å². The van der Waals surface area contributed by atoms with Gasteiger partial charge in [0.1, 0.15) is 17.7 Å². The minimum atomic E-state index is -0.951. The Kier molecular flexibility index (Phi) is 7.25. The lowest BCUT2D eigenvalue weighted by molar-refractivity contribution is 0.0256. The monoisotopic (exact) mass is 502 g/mol. The summed E-state index contributed by atoms with van der Waals surface area (Å²) in [5.74, 6) is -2.27. The van der Waals surface area contributed by atoms with E-state index < -0.39 is 41.7 Å². The molecule has 36 heavy (non-hydrogen) atoms. The second-order valence-electron chi connectivity index (χ2n) is 8.42. The van der Waals surface area contributed by atoms with E-state index in [0.717, 1.165) is 18.5 Å². The molecule has 1 fully saturated rings. The van der Waals surface area contributed by atoms with Crippen LogP contribution in [0.4, 0.5) is 18.0 Å². The smallest absolute Gasteiger partial charge is 0.341 e. The molecule has 2 aromatic rings. The lowest BCUT2D eigenvalue weighted by Crippen LogP contribution is -2.58. The summed E-state index contributed by atoms with van der Waals surface area (Å²) in [6.07, 6.45) is 2.34. The highest BCUT2D eigenvalue weighted by Crippen LogP contribution is 2.32. The number of aromatic nitrogens is 1. The van der Waals surface area contributed by atoms with Gasteiger partial charge in [0, 0.05) is 43.6 Å². The summed E-state index contributed by atoms with van der Waals surface area (Å²) in [7, 11) is 1.59. The average Bonchev–Trinajstić information content (AvgIpc) is 3.29. The fourth-order valence-corrected chi connectivity index (χ4v) is 4.11. The molecule has 1 aromatic carbocycles. The Hall–Kier alpha value is -3.93. The molecule has 1 saturated heterocycles. The number of pyridine rings is 1. The maximum absolute atomic E-state index is 14.4. The van der Waals surface area contributed by atoms with Crippen LogP contribution in [0.5, 0.6) is 5.75 Å². The number of ether oxygens (including phenoxy) is 1. The average molecular weight is 502 g/mol. The van der Waals surface area contributed by atoms with Crippen molar-refractivity contribution in [3.8, 4) is 5.75 Å². The summed E-state index contributed by atoms with van der Waals surface area (Å²) < 4.78 is 47.5. The van der Waals surface area contributed by atoms with Gasteiger partial charge in [-0.05, 0) is 24.6 Å². The second-order valence-corrected chi connectivity index (χ2v) is 8.42. The molecule has 12 heteroatoms. The number of aliphatic hydroxyl groups excluding tert-OH is 1.